The maximum absolute atomic E-state index is 13.1. The molecule has 116 valence electrons. The predicted molar refractivity (Wildman–Crippen MR) is 78.0 cm³/mol. The molecule has 1 saturated heterocycles. The van der Waals surface area contributed by atoms with Crippen molar-refractivity contribution in [1.29, 1.82) is 0 Å². The largest absolute Gasteiger partial charge is 0.354 e. The Morgan fingerprint density at radius 1 is 1.24 bits per heavy atom. The Morgan fingerprint density at radius 2 is 1.95 bits per heavy atom. The molecule has 1 amide bonds. The van der Waals surface area contributed by atoms with E-state index in [0.29, 0.717) is 18.5 Å². The number of hydrogen-bond acceptors (Lipinski definition) is 2. The van der Waals surface area contributed by atoms with Crippen LogP contribution in [0.4, 0.5) is 8.78 Å². The number of nitrogens with one attached hydrogen (secondary N) is 1. The topological polar surface area (TPSA) is 32.3 Å². The molecule has 3 nitrogen and oxygen atoms in total. The SMILES string of the molecule is CN1CCCCC[C@H]1C(=O)NCCc1cc(F)cc(F)c1. The first-order valence-corrected chi connectivity index (χ1v) is 7.49. The summed E-state index contributed by atoms with van der Waals surface area (Å²) in [4.78, 5) is 14.3. The van der Waals surface area contributed by atoms with Gasteiger partial charge in [0.25, 0.3) is 0 Å². The van der Waals surface area contributed by atoms with Crippen LogP contribution in [0.1, 0.15) is 31.2 Å². The van der Waals surface area contributed by atoms with Gasteiger partial charge in [-0.3, -0.25) is 9.69 Å². The molecule has 0 aliphatic carbocycles. The Bertz CT molecular complexity index is 473. The van der Waals surface area contributed by atoms with Gasteiger partial charge in [0.2, 0.25) is 5.91 Å². The molecular formula is C16H22F2N2O. The predicted octanol–water partition coefficient (Wildman–Crippen LogP) is 2.50. The van der Waals surface area contributed by atoms with Crippen molar-refractivity contribution in [2.24, 2.45) is 0 Å². The molecule has 1 aliphatic heterocycles. The minimum atomic E-state index is -0.583. The number of rotatable bonds is 4. The van der Waals surface area contributed by atoms with Gasteiger partial charge in [0, 0.05) is 12.6 Å². The smallest absolute Gasteiger partial charge is 0.237 e. The van der Waals surface area contributed by atoms with Crippen LogP contribution in [0, 0.1) is 11.6 Å². The van der Waals surface area contributed by atoms with Crippen molar-refractivity contribution in [3.05, 3.63) is 35.4 Å². The molecule has 1 aromatic rings. The van der Waals surface area contributed by atoms with Crippen LogP contribution < -0.4 is 5.32 Å². The van der Waals surface area contributed by atoms with E-state index in [1.165, 1.54) is 12.1 Å². The fourth-order valence-corrected chi connectivity index (χ4v) is 2.79. The van der Waals surface area contributed by atoms with Crippen LogP contribution in [0.2, 0.25) is 0 Å². The molecule has 1 fully saturated rings. The molecule has 0 radical (unpaired) electrons. The van der Waals surface area contributed by atoms with Crippen LogP contribution in [-0.2, 0) is 11.2 Å². The van der Waals surface area contributed by atoms with Gasteiger partial charge in [-0.2, -0.15) is 0 Å². The third kappa shape index (κ3) is 4.77. The van der Waals surface area contributed by atoms with Crippen molar-refractivity contribution in [3.8, 4) is 0 Å². The number of likely N-dealkylation sites (tertiary alicyclic amines) is 1. The molecule has 2 rings (SSSR count). The molecule has 21 heavy (non-hydrogen) atoms. The molecule has 5 heteroatoms. The quantitative estimate of drug-likeness (QED) is 0.926. The maximum Gasteiger partial charge on any atom is 0.237 e. The molecule has 1 aromatic carbocycles. The lowest BCUT2D eigenvalue weighted by molar-refractivity contribution is -0.126. The van der Waals surface area contributed by atoms with Crippen LogP contribution in [-0.4, -0.2) is 37.0 Å². The van der Waals surface area contributed by atoms with Gasteiger partial charge in [-0.05, 0) is 50.6 Å². The highest BCUT2D eigenvalue weighted by Crippen LogP contribution is 2.15. The molecule has 1 heterocycles. The van der Waals surface area contributed by atoms with E-state index in [0.717, 1.165) is 38.3 Å². The standard InChI is InChI=1S/C16H22F2N2O/c1-20-8-4-2-3-5-15(20)16(21)19-7-6-12-9-13(17)11-14(18)10-12/h9-11,15H,2-8H2,1H3,(H,19,21)/t15-/m0/s1. The van der Waals surface area contributed by atoms with Crippen molar-refractivity contribution in [1.82, 2.24) is 10.2 Å². The lowest BCUT2D eigenvalue weighted by Gasteiger charge is -2.24. The number of halogens is 2. The first-order chi connectivity index (χ1) is 10.1. The number of nitrogens with zero attached hydrogens (tertiary/aromatic N) is 1. The number of hydrogen-bond donors (Lipinski definition) is 1. The van der Waals surface area contributed by atoms with Crippen LogP contribution in [0.3, 0.4) is 0 Å². The van der Waals surface area contributed by atoms with E-state index in [2.05, 4.69) is 10.2 Å². The second kappa shape index (κ2) is 7.50. The van der Waals surface area contributed by atoms with E-state index in [1.54, 1.807) is 0 Å². The van der Waals surface area contributed by atoms with Gasteiger partial charge in [-0.1, -0.05) is 12.8 Å². The zero-order valence-electron chi connectivity index (χ0n) is 12.4. The summed E-state index contributed by atoms with van der Waals surface area (Å²) in [5, 5.41) is 2.87. The van der Waals surface area contributed by atoms with Gasteiger partial charge in [0.1, 0.15) is 11.6 Å². The number of amides is 1. The van der Waals surface area contributed by atoms with Crippen LogP contribution >= 0.6 is 0 Å². The lowest BCUT2D eigenvalue weighted by atomic mass is 10.1. The summed E-state index contributed by atoms with van der Waals surface area (Å²) in [6.07, 6.45) is 4.66. The third-order valence-electron chi connectivity index (χ3n) is 3.96. The molecule has 1 atom stereocenters. The van der Waals surface area contributed by atoms with Crippen LogP contribution in [0.15, 0.2) is 18.2 Å². The first kappa shape index (κ1) is 15.9. The number of carbonyl (C=O) groups is 1. The number of carbonyl (C=O) groups excluding carboxylic acids is 1. The van der Waals surface area contributed by atoms with Gasteiger partial charge < -0.3 is 5.32 Å². The van der Waals surface area contributed by atoms with E-state index in [1.807, 2.05) is 7.05 Å². The monoisotopic (exact) mass is 296 g/mol. The highest BCUT2D eigenvalue weighted by Gasteiger charge is 2.24. The minimum absolute atomic E-state index is 0.0104. The van der Waals surface area contributed by atoms with Gasteiger partial charge in [0.15, 0.2) is 0 Å². The Balaban J connectivity index is 1.83. The molecule has 0 saturated carbocycles. The Hall–Kier alpha value is -1.49. The molecular weight excluding hydrogens is 274 g/mol. The summed E-state index contributed by atoms with van der Waals surface area (Å²) in [5.41, 5.74) is 0.557. The summed E-state index contributed by atoms with van der Waals surface area (Å²) in [6, 6.07) is 3.36. The minimum Gasteiger partial charge on any atom is -0.354 e. The van der Waals surface area contributed by atoms with Gasteiger partial charge >= 0.3 is 0 Å². The third-order valence-corrected chi connectivity index (χ3v) is 3.96. The number of likely N-dealkylation sites (N-methyl/N-ethyl adjacent to an activating group) is 1. The van der Waals surface area contributed by atoms with E-state index in [4.69, 9.17) is 0 Å². The first-order valence-electron chi connectivity index (χ1n) is 7.49. The molecule has 0 aromatic heterocycles. The van der Waals surface area contributed by atoms with Crippen molar-refractivity contribution in [3.63, 3.8) is 0 Å². The lowest BCUT2D eigenvalue weighted by Crippen LogP contribution is -2.45. The second-order valence-electron chi connectivity index (χ2n) is 5.66. The molecule has 0 spiro atoms. The summed E-state index contributed by atoms with van der Waals surface area (Å²) < 4.78 is 26.1. The normalized spacial score (nSPS) is 20.0. The Kier molecular flexibility index (Phi) is 5.67. The van der Waals surface area contributed by atoms with Crippen LogP contribution in [0.25, 0.3) is 0 Å². The van der Waals surface area contributed by atoms with E-state index in [9.17, 15) is 13.6 Å². The zero-order chi connectivity index (χ0) is 15.2. The van der Waals surface area contributed by atoms with Gasteiger partial charge in [0.05, 0.1) is 6.04 Å². The summed E-state index contributed by atoms with van der Waals surface area (Å²) in [5.74, 6) is -1.16. The fraction of sp³-hybridized carbons (Fsp3) is 0.562. The Labute approximate surface area is 124 Å². The molecule has 0 bridgehead atoms. The molecule has 1 N–H and O–H groups in total. The average molecular weight is 296 g/mol. The maximum atomic E-state index is 13.1. The van der Waals surface area contributed by atoms with Crippen LogP contribution in [0.5, 0.6) is 0 Å². The molecule has 0 unspecified atom stereocenters. The average Bonchev–Trinajstić information content (AvgIpc) is 2.62. The van der Waals surface area contributed by atoms with Crippen molar-refractivity contribution in [2.75, 3.05) is 20.1 Å². The van der Waals surface area contributed by atoms with Crippen molar-refractivity contribution >= 4 is 5.91 Å². The summed E-state index contributed by atoms with van der Waals surface area (Å²) in [6.45, 7) is 1.33. The fourth-order valence-electron chi connectivity index (χ4n) is 2.79. The van der Waals surface area contributed by atoms with Crippen molar-refractivity contribution < 1.29 is 13.6 Å². The van der Waals surface area contributed by atoms with Gasteiger partial charge in [-0.15, -0.1) is 0 Å². The Morgan fingerprint density at radius 3 is 2.67 bits per heavy atom. The van der Waals surface area contributed by atoms with E-state index >= 15 is 0 Å². The van der Waals surface area contributed by atoms with Gasteiger partial charge in [-0.25, -0.2) is 8.78 Å². The number of benzene rings is 1. The highest BCUT2D eigenvalue weighted by molar-refractivity contribution is 5.81. The summed E-state index contributed by atoms with van der Waals surface area (Å²) >= 11 is 0. The highest BCUT2D eigenvalue weighted by atomic mass is 19.1. The molecule has 1 aliphatic rings. The van der Waals surface area contributed by atoms with Crippen molar-refractivity contribution in [2.45, 2.75) is 38.1 Å². The summed E-state index contributed by atoms with van der Waals surface area (Å²) in [7, 11) is 1.97. The van der Waals surface area contributed by atoms with E-state index in [-0.39, 0.29) is 11.9 Å². The second-order valence-corrected chi connectivity index (χ2v) is 5.66. The zero-order valence-corrected chi connectivity index (χ0v) is 12.4. The van der Waals surface area contributed by atoms with E-state index < -0.39 is 11.6 Å².